The number of thiazole rings is 1. The molecule has 2 heterocycles. The molecule has 20 heavy (non-hydrogen) atoms. The van der Waals surface area contributed by atoms with E-state index in [0.29, 0.717) is 4.88 Å². The van der Waals surface area contributed by atoms with Gasteiger partial charge in [-0.05, 0) is 12.8 Å². The number of hydrogen-bond donors (Lipinski definition) is 2. The highest BCUT2D eigenvalue weighted by atomic mass is 32.1. The highest BCUT2D eigenvalue weighted by Gasteiger charge is 2.17. The van der Waals surface area contributed by atoms with E-state index in [4.69, 9.17) is 5.11 Å². The molecule has 2 rings (SSSR count). The van der Waals surface area contributed by atoms with Gasteiger partial charge in [0, 0.05) is 31.5 Å². The van der Waals surface area contributed by atoms with Crippen LogP contribution in [0.4, 0.5) is 0 Å². The van der Waals surface area contributed by atoms with Crippen LogP contribution in [0.5, 0.6) is 0 Å². The molecule has 2 N–H and O–H groups in total. The van der Waals surface area contributed by atoms with Gasteiger partial charge in [0.25, 0.3) is 5.91 Å². The first kappa shape index (κ1) is 14.7. The number of carbonyl (C=O) groups is 1. The Morgan fingerprint density at radius 1 is 1.50 bits per heavy atom. The maximum absolute atomic E-state index is 12.1. The van der Waals surface area contributed by atoms with Crippen molar-refractivity contribution in [2.24, 2.45) is 13.0 Å². The Morgan fingerprint density at radius 3 is 2.85 bits per heavy atom. The molecule has 0 radical (unpaired) electrons. The molecule has 0 saturated heterocycles. The van der Waals surface area contributed by atoms with Crippen LogP contribution >= 0.6 is 11.3 Å². The summed E-state index contributed by atoms with van der Waals surface area (Å²) >= 11 is 1.33. The topological polar surface area (TPSA) is 80.0 Å². The van der Waals surface area contributed by atoms with Gasteiger partial charge in [0.1, 0.15) is 9.88 Å². The standard InChI is InChI=1S/C13H18N4O2S/c1-8(7-18)9(2)16-12(19)11-5-14-13(20-11)10-4-15-17(3)6-10/h4-6,8-9,18H,7H2,1-3H3,(H,16,19). The maximum atomic E-state index is 12.1. The van der Waals surface area contributed by atoms with Crippen molar-refractivity contribution < 1.29 is 9.90 Å². The molecule has 2 aromatic heterocycles. The van der Waals surface area contributed by atoms with Gasteiger partial charge in [0.15, 0.2) is 0 Å². The van der Waals surface area contributed by atoms with Crippen molar-refractivity contribution in [3.8, 4) is 10.6 Å². The molecule has 1 amide bonds. The fourth-order valence-electron chi connectivity index (χ4n) is 1.62. The number of amides is 1. The zero-order valence-corrected chi connectivity index (χ0v) is 12.5. The summed E-state index contributed by atoms with van der Waals surface area (Å²) in [6.07, 6.45) is 5.15. The molecule has 0 aromatic carbocycles. The third-order valence-corrected chi connectivity index (χ3v) is 4.23. The second kappa shape index (κ2) is 6.15. The Balaban J connectivity index is 2.07. The Labute approximate surface area is 121 Å². The summed E-state index contributed by atoms with van der Waals surface area (Å²) in [6.45, 7) is 3.81. The molecule has 0 fully saturated rings. The lowest BCUT2D eigenvalue weighted by atomic mass is 10.1. The van der Waals surface area contributed by atoms with E-state index < -0.39 is 0 Å². The van der Waals surface area contributed by atoms with Crippen molar-refractivity contribution in [3.63, 3.8) is 0 Å². The predicted molar refractivity (Wildman–Crippen MR) is 77.5 cm³/mol. The van der Waals surface area contributed by atoms with Crippen LogP contribution < -0.4 is 5.32 Å². The summed E-state index contributed by atoms with van der Waals surface area (Å²) in [5, 5.41) is 16.8. The van der Waals surface area contributed by atoms with Gasteiger partial charge in [-0.3, -0.25) is 9.48 Å². The van der Waals surface area contributed by atoms with Gasteiger partial charge in [0.2, 0.25) is 0 Å². The Kier molecular flexibility index (Phi) is 4.51. The van der Waals surface area contributed by atoms with Gasteiger partial charge in [-0.25, -0.2) is 4.98 Å². The molecular weight excluding hydrogens is 276 g/mol. The number of nitrogens with zero attached hydrogens (tertiary/aromatic N) is 3. The van der Waals surface area contributed by atoms with E-state index in [1.807, 2.05) is 27.1 Å². The van der Waals surface area contributed by atoms with Crippen LogP contribution in [0.2, 0.25) is 0 Å². The fourth-order valence-corrected chi connectivity index (χ4v) is 2.42. The molecule has 2 atom stereocenters. The quantitative estimate of drug-likeness (QED) is 0.871. The number of aliphatic hydroxyl groups is 1. The first-order chi connectivity index (χ1) is 9.51. The third-order valence-electron chi connectivity index (χ3n) is 3.18. The van der Waals surface area contributed by atoms with Crippen LogP contribution in [0.3, 0.4) is 0 Å². The van der Waals surface area contributed by atoms with E-state index in [2.05, 4.69) is 15.4 Å². The SMILES string of the molecule is CC(CO)C(C)NC(=O)c1cnc(-c2cnn(C)c2)s1. The van der Waals surface area contributed by atoms with Crippen LogP contribution in [-0.4, -0.2) is 38.4 Å². The second-order valence-corrected chi connectivity index (χ2v) is 5.88. The highest BCUT2D eigenvalue weighted by Crippen LogP contribution is 2.24. The molecule has 0 aliphatic rings. The van der Waals surface area contributed by atoms with Crippen molar-refractivity contribution in [1.29, 1.82) is 0 Å². The molecule has 108 valence electrons. The van der Waals surface area contributed by atoms with Crippen LogP contribution in [0, 0.1) is 5.92 Å². The largest absolute Gasteiger partial charge is 0.396 e. The van der Waals surface area contributed by atoms with Crippen LogP contribution in [0.1, 0.15) is 23.5 Å². The van der Waals surface area contributed by atoms with Crippen molar-refractivity contribution in [2.45, 2.75) is 19.9 Å². The summed E-state index contributed by atoms with van der Waals surface area (Å²) in [5.74, 6) is -0.143. The highest BCUT2D eigenvalue weighted by molar-refractivity contribution is 7.16. The number of nitrogens with one attached hydrogen (secondary N) is 1. The summed E-state index contributed by atoms with van der Waals surface area (Å²) in [7, 11) is 1.84. The van der Waals surface area contributed by atoms with Crippen molar-refractivity contribution in [3.05, 3.63) is 23.5 Å². The van der Waals surface area contributed by atoms with E-state index in [-0.39, 0.29) is 24.5 Å². The van der Waals surface area contributed by atoms with Crippen LogP contribution in [-0.2, 0) is 7.05 Å². The first-order valence-corrected chi connectivity index (χ1v) is 7.19. The smallest absolute Gasteiger partial charge is 0.263 e. The van der Waals surface area contributed by atoms with Crippen molar-refractivity contribution in [2.75, 3.05) is 6.61 Å². The van der Waals surface area contributed by atoms with Gasteiger partial charge < -0.3 is 10.4 Å². The molecule has 2 unspecified atom stereocenters. The van der Waals surface area contributed by atoms with E-state index in [1.54, 1.807) is 17.1 Å². The Bertz CT molecular complexity index is 593. The average Bonchev–Trinajstić information content (AvgIpc) is 3.05. The first-order valence-electron chi connectivity index (χ1n) is 6.37. The van der Waals surface area contributed by atoms with Gasteiger partial charge in [0.05, 0.1) is 12.4 Å². The maximum Gasteiger partial charge on any atom is 0.263 e. The summed E-state index contributed by atoms with van der Waals surface area (Å²) < 4.78 is 1.70. The minimum absolute atomic E-state index is 0.0182. The number of rotatable bonds is 5. The lowest BCUT2D eigenvalue weighted by molar-refractivity contribution is 0.0920. The number of aromatic nitrogens is 3. The number of carbonyl (C=O) groups excluding carboxylic acids is 1. The van der Waals surface area contributed by atoms with Crippen LogP contribution in [0.15, 0.2) is 18.6 Å². The second-order valence-electron chi connectivity index (χ2n) is 4.85. The lowest BCUT2D eigenvalue weighted by Gasteiger charge is -2.18. The number of hydrogen-bond acceptors (Lipinski definition) is 5. The van der Waals surface area contributed by atoms with Crippen LogP contribution in [0.25, 0.3) is 10.6 Å². The normalized spacial score (nSPS) is 14.0. The van der Waals surface area contributed by atoms with E-state index in [0.717, 1.165) is 10.6 Å². The number of aliphatic hydroxyl groups excluding tert-OH is 1. The minimum Gasteiger partial charge on any atom is -0.396 e. The Hall–Kier alpha value is -1.73. The molecule has 0 aliphatic heterocycles. The zero-order valence-electron chi connectivity index (χ0n) is 11.7. The average molecular weight is 294 g/mol. The van der Waals surface area contributed by atoms with Gasteiger partial charge in [-0.15, -0.1) is 11.3 Å². The van der Waals surface area contributed by atoms with E-state index >= 15 is 0 Å². The van der Waals surface area contributed by atoms with Crippen molar-refractivity contribution >= 4 is 17.2 Å². The number of aryl methyl sites for hydroxylation is 1. The molecule has 0 aliphatic carbocycles. The monoisotopic (exact) mass is 294 g/mol. The lowest BCUT2D eigenvalue weighted by Crippen LogP contribution is -2.38. The van der Waals surface area contributed by atoms with E-state index in [1.165, 1.54) is 11.3 Å². The fraction of sp³-hybridized carbons (Fsp3) is 0.462. The van der Waals surface area contributed by atoms with Crippen molar-refractivity contribution in [1.82, 2.24) is 20.1 Å². The summed E-state index contributed by atoms with van der Waals surface area (Å²) in [6, 6.07) is -0.0866. The Morgan fingerprint density at radius 2 is 2.25 bits per heavy atom. The zero-order chi connectivity index (χ0) is 14.7. The van der Waals surface area contributed by atoms with Gasteiger partial charge >= 0.3 is 0 Å². The molecule has 0 spiro atoms. The molecule has 2 aromatic rings. The molecule has 7 heteroatoms. The van der Waals surface area contributed by atoms with Gasteiger partial charge in [-0.1, -0.05) is 6.92 Å². The molecule has 0 saturated carbocycles. The molecule has 6 nitrogen and oxygen atoms in total. The molecule has 0 bridgehead atoms. The third kappa shape index (κ3) is 3.23. The summed E-state index contributed by atoms with van der Waals surface area (Å²) in [4.78, 5) is 16.9. The van der Waals surface area contributed by atoms with E-state index in [9.17, 15) is 4.79 Å². The minimum atomic E-state index is -0.162. The van der Waals surface area contributed by atoms with Gasteiger partial charge in [-0.2, -0.15) is 5.10 Å². The molecular formula is C13H18N4O2S. The predicted octanol–water partition coefficient (Wildman–Crippen LogP) is 1.29. The summed E-state index contributed by atoms with van der Waals surface area (Å²) in [5.41, 5.74) is 0.897.